The van der Waals surface area contributed by atoms with Crippen LogP contribution in [0.1, 0.15) is 0 Å². The highest BCUT2D eigenvalue weighted by Crippen LogP contribution is 2.24. The van der Waals surface area contributed by atoms with Gasteiger partial charge in [-0.25, -0.2) is 4.99 Å². The SMILES string of the molecule is O=C1SC2C=CC=CC2=NC1=NO. The van der Waals surface area contributed by atoms with Crippen LogP contribution in [0.4, 0.5) is 0 Å². The molecule has 0 amide bonds. The van der Waals surface area contributed by atoms with Crippen LogP contribution in [0.2, 0.25) is 0 Å². The van der Waals surface area contributed by atoms with Gasteiger partial charge < -0.3 is 5.21 Å². The number of hydrogen-bond acceptors (Lipinski definition) is 4. The highest BCUT2D eigenvalue weighted by Gasteiger charge is 2.27. The molecule has 1 N–H and O–H groups in total. The Hall–Kier alpha value is -1.36. The number of amidine groups is 1. The largest absolute Gasteiger partial charge is 0.409 e. The summed E-state index contributed by atoms with van der Waals surface area (Å²) in [4.78, 5) is 15.1. The lowest BCUT2D eigenvalue weighted by atomic mass is 10.1. The summed E-state index contributed by atoms with van der Waals surface area (Å²) < 4.78 is 0. The minimum Gasteiger partial charge on any atom is -0.409 e. The van der Waals surface area contributed by atoms with Crippen LogP contribution in [0, 0.1) is 0 Å². The number of carbonyl (C=O) groups is 1. The third-order valence-corrected chi connectivity index (χ3v) is 2.75. The van der Waals surface area contributed by atoms with Crippen molar-refractivity contribution >= 4 is 28.4 Å². The van der Waals surface area contributed by atoms with E-state index in [2.05, 4.69) is 10.1 Å². The fraction of sp³-hybridized carbons (Fsp3) is 0.125. The van der Waals surface area contributed by atoms with Crippen molar-refractivity contribution in [3.8, 4) is 0 Å². The smallest absolute Gasteiger partial charge is 0.261 e. The van der Waals surface area contributed by atoms with E-state index in [1.54, 1.807) is 6.08 Å². The Morgan fingerprint density at radius 3 is 3.15 bits per heavy atom. The molecule has 1 heterocycles. The van der Waals surface area contributed by atoms with Crippen LogP contribution in [0.25, 0.3) is 0 Å². The highest BCUT2D eigenvalue weighted by atomic mass is 32.2. The third kappa shape index (κ3) is 1.42. The molecule has 0 spiro atoms. The fourth-order valence-electron chi connectivity index (χ4n) is 1.11. The molecule has 0 aromatic carbocycles. The lowest BCUT2D eigenvalue weighted by Crippen LogP contribution is -2.27. The van der Waals surface area contributed by atoms with Crippen molar-refractivity contribution in [2.45, 2.75) is 5.25 Å². The van der Waals surface area contributed by atoms with Crippen molar-refractivity contribution < 1.29 is 10.0 Å². The van der Waals surface area contributed by atoms with Crippen molar-refractivity contribution in [2.75, 3.05) is 0 Å². The number of fused-ring (bicyclic) bond motifs is 1. The van der Waals surface area contributed by atoms with E-state index in [1.165, 1.54) is 0 Å². The molecule has 0 fully saturated rings. The van der Waals surface area contributed by atoms with Crippen LogP contribution in [0.5, 0.6) is 0 Å². The normalized spacial score (nSPS) is 28.9. The predicted molar refractivity (Wildman–Crippen MR) is 51.3 cm³/mol. The van der Waals surface area contributed by atoms with Gasteiger partial charge in [-0.3, -0.25) is 4.79 Å². The molecule has 0 aromatic heterocycles. The second-order valence-electron chi connectivity index (χ2n) is 2.53. The Morgan fingerprint density at radius 1 is 1.54 bits per heavy atom. The molecular weight excluding hydrogens is 188 g/mol. The van der Waals surface area contributed by atoms with E-state index >= 15 is 0 Å². The molecule has 4 nitrogen and oxygen atoms in total. The summed E-state index contributed by atoms with van der Waals surface area (Å²) in [6, 6.07) is 0. The van der Waals surface area contributed by atoms with Crippen molar-refractivity contribution in [3.63, 3.8) is 0 Å². The molecular formula is C8H6N2O2S. The van der Waals surface area contributed by atoms with Crippen molar-refractivity contribution in [2.24, 2.45) is 10.1 Å². The van der Waals surface area contributed by atoms with E-state index in [0.717, 1.165) is 17.5 Å². The zero-order chi connectivity index (χ0) is 9.26. The number of nitrogens with zero attached hydrogens (tertiary/aromatic N) is 2. The van der Waals surface area contributed by atoms with E-state index in [-0.39, 0.29) is 16.2 Å². The van der Waals surface area contributed by atoms with Crippen molar-refractivity contribution in [1.82, 2.24) is 0 Å². The lowest BCUT2D eigenvalue weighted by molar-refractivity contribution is -0.105. The first-order valence-electron chi connectivity index (χ1n) is 3.68. The second kappa shape index (κ2) is 3.18. The zero-order valence-electron chi connectivity index (χ0n) is 6.54. The molecule has 5 heteroatoms. The summed E-state index contributed by atoms with van der Waals surface area (Å²) in [6.45, 7) is 0. The molecule has 1 unspecified atom stereocenters. The molecule has 0 saturated heterocycles. The summed E-state index contributed by atoms with van der Waals surface area (Å²) >= 11 is 1.10. The predicted octanol–water partition coefficient (Wildman–Crippen LogP) is 0.983. The van der Waals surface area contributed by atoms with Crippen LogP contribution in [-0.2, 0) is 4.79 Å². The average molecular weight is 194 g/mol. The molecule has 1 atom stereocenters. The topological polar surface area (TPSA) is 62.0 Å². The Morgan fingerprint density at radius 2 is 2.38 bits per heavy atom. The Balaban J connectivity index is 2.40. The van der Waals surface area contributed by atoms with Gasteiger partial charge >= 0.3 is 0 Å². The molecule has 0 radical (unpaired) electrons. The highest BCUT2D eigenvalue weighted by molar-refractivity contribution is 8.16. The van der Waals surface area contributed by atoms with Gasteiger partial charge in [0.15, 0.2) is 0 Å². The first-order valence-corrected chi connectivity index (χ1v) is 4.56. The number of oxime groups is 1. The fourth-order valence-corrected chi connectivity index (χ4v) is 1.96. The Bertz CT molecular complexity index is 368. The van der Waals surface area contributed by atoms with Crippen molar-refractivity contribution in [1.29, 1.82) is 0 Å². The van der Waals surface area contributed by atoms with E-state index < -0.39 is 0 Å². The van der Waals surface area contributed by atoms with E-state index in [1.807, 2.05) is 18.2 Å². The summed E-state index contributed by atoms with van der Waals surface area (Å²) in [5.74, 6) is -0.129. The van der Waals surface area contributed by atoms with Gasteiger partial charge in [-0.1, -0.05) is 35.1 Å². The van der Waals surface area contributed by atoms with Crippen LogP contribution < -0.4 is 0 Å². The molecule has 0 bridgehead atoms. The molecule has 13 heavy (non-hydrogen) atoms. The Kier molecular flexibility index (Phi) is 2.02. The van der Waals surface area contributed by atoms with Gasteiger partial charge in [0.2, 0.25) is 5.84 Å². The van der Waals surface area contributed by atoms with Gasteiger partial charge in [-0.15, -0.1) is 0 Å². The van der Waals surface area contributed by atoms with Gasteiger partial charge in [-0.05, 0) is 6.08 Å². The molecule has 1 aliphatic carbocycles. The molecule has 0 aromatic rings. The maximum Gasteiger partial charge on any atom is 0.261 e. The third-order valence-electron chi connectivity index (χ3n) is 1.70. The van der Waals surface area contributed by atoms with Crippen LogP contribution in [0.3, 0.4) is 0 Å². The lowest BCUT2D eigenvalue weighted by Gasteiger charge is -2.17. The van der Waals surface area contributed by atoms with Gasteiger partial charge in [0.25, 0.3) is 5.12 Å². The quantitative estimate of drug-likeness (QED) is 0.462. The number of aliphatic imine (C=N–C) groups is 1. The molecule has 1 aliphatic heterocycles. The van der Waals surface area contributed by atoms with Crippen LogP contribution >= 0.6 is 11.8 Å². The van der Waals surface area contributed by atoms with Crippen LogP contribution in [0.15, 0.2) is 34.5 Å². The summed E-state index contributed by atoms with van der Waals surface area (Å²) in [5, 5.41) is 11.0. The summed E-state index contributed by atoms with van der Waals surface area (Å²) in [7, 11) is 0. The first kappa shape index (κ1) is 8.25. The van der Waals surface area contributed by atoms with Crippen molar-refractivity contribution in [3.05, 3.63) is 24.3 Å². The standard InChI is InChI=1S/C8H6N2O2S/c11-8-7(10-12)9-5-3-1-2-4-6(5)13-8/h1-4,6,12H. The molecule has 0 saturated carbocycles. The van der Waals surface area contributed by atoms with E-state index in [4.69, 9.17) is 5.21 Å². The summed E-state index contributed by atoms with van der Waals surface area (Å²) in [5.41, 5.74) is 0.750. The van der Waals surface area contributed by atoms with Gasteiger partial charge in [0.1, 0.15) is 0 Å². The van der Waals surface area contributed by atoms with Gasteiger partial charge in [0, 0.05) is 0 Å². The minimum atomic E-state index is -0.295. The number of thioether (sulfide) groups is 1. The van der Waals surface area contributed by atoms with Crippen LogP contribution in [-0.4, -0.2) is 27.1 Å². The van der Waals surface area contributed by atoms with Gasteiger partial charge in [0.05, 0.1) is 11.0 Å². The zero-order valence-corrected chi connectivity index (χ0v) is 7.36. The number of allylic oxidation sites excluding steroid dienone is 3. The second-order valence-corrected chi connectivity index (χ2v) is 3.64. The average Bonchev–Trinajstić information content (AvgIpc) is 2.17. The number of carbonyl (C=O) groups excluding carboxylic acids is 1. The minimum absolute atomic E-state index is 0.0250. The molecule has 66 valence electrons. The maximum absolute atomic E-state index is 11.2. The number of rotatable bonds is 0. The first-order chi connectivity index (χ1) is 6.31. The monoisotopic (exact) mass is 194 g/mol. The maximum atomic E-state index is 11.2. The molecule has 2 rings (SSSR count). The van der Waals surface area contributed by atoms with Gasteiger partial charge in [-0.2, -0.15) is 0 Å². The molecule has 2 aliphatic rings. The van der Waals surface area contributed by atoms with E-state index in [9.17, 15) is 4.79 Å². The van der Waals surface area contributed by atoms with E-state index in [0.29, 0.717) is 0 Å². The number of hydrogen-bond donors (Lipinski definition) is 1. The Labute approximate surface area is 78.7 Å². The summed E-state index contributed by atoms with van der Waals surface area (Å²) in [6.07, 6.45) is 7.39.